The number of sulfone groups is 1. The third kappa shape index (κ3) is 5.40. The zero-order valence-electron chi connectivity index (χ0n) is 17.1. The van der Waals surface area contributed by atoms with Gasteiger partial charge in [0.25, 0.3) is 10.2 Å². The summed E-state index contributed by atoms with van der Waals surface area (Å²) in [5.74, 6) is -1.01. The highest BCUT2D eigenvalue weighted by molar-refractivity contribution is 9.11. The van der Waals surface area contributed by atoms with E-state index in [0.29, 0.717) is 4.88 Å². The van der Waals surface area contributed by atoms with Gasteiger partial charge in [-0.3, -0.25) is 4.79 Å². The molecule has 0 N–H and O–H groups in total. The normalized spacial score (nSPS) is 23.7. The average Bonchev–Trinajstić information content (AvgIpc) is 2.92. The van der Waals surface area contributed by atoms with E-state index in [1.54, 1.807) is 32.9 Å². The maximum absolute atomic E-state index is 13.4. The van der Waals surface area contributed by atoms with E-state index in [1.807, 2.05) is 0 Å². The molecule has 2 rings (SSSR count). The molecule has 29 heavy (non-hydrogen) atoms. The van der Waals surface area contributed by atoms with Gasteiger partial charge in [-0.05, 0) is 55.3 Å². The monoisotopic (exact) mass is 530 g/mol. The Bertz CT molecular complexity index is 966. The van der Waals surface area contributed by atoms with Gasteiger partial charge in [0.05, 0.1) is 16.0 Å². The molecule has 1 aliphatic heterocycles. The minimum atomic E-state index is -3.87. The van der Waals surface area contributed by atoms with Crippen LogP contribution in [0.1, 0.15) is 38.5 Å². The van der Waals surface area contributed by atoms with Crippen LogP contribution >= 0.6 is 27.3 Å². The van der Waals surface area contributed by atoms with Gasteiger partial charge >= 0.3 is 5.97 Å². The molecule has 1 saturated heterocycles. The fraction of sp³-hybridized carbons (Fsp3) is 0.706. The Kier molecular flexibility index (Phi) is 7.29. The van der Waals surface area contributed by atoms with Crippen LogP contribution in [-0.4, -0.2) is 70.0 Å². The van der Waals surface area contributed by atoms with Gasteiger partial charge in [0, 0.05) is 32.1 Å². The summed E-state index contributed by atoms with van der Waals surface area (Å²) in [7, 11) is -4.84. The Hall–Kier alpha value is -0.530. The molecule has 1 aromatic heterocycles. The van der Waals surface area contributed by atoms with E-state index >= 15 is 0 Å². The molecule has 2 heterocycles. The minimum absolute atomic E-state index is 0.0158. The van der Waals surface area contributed by atoms with Gasteiger partial charge in [-0.1, -0.05) is 0 Å². The summed E-state index contributed by atoms with van der Waals surface area (Å²) in [6.07, 6.45) is -0.399. The molecular formula is C17H27BrN2O6S3. The fourth-order valence-electron chi connectivity index (χ4n) is 3.18. The highest BCUT2D eigenvalue weighted by atomic mass is 79.9. The predicted octanol–water partition coefficient (Wildman–Crippen LogP) is 2.36. The second-order valence-corrected chi connectivity index (χ2v) is 15.1. The van der Waals surface area contributed by atoms with Crippen LogP contribution in [0.15, 0.2) is 15.9 Å². The molecule has 0 spiro atoms. The number of hydrogen-bond donors (Lipinski definition) is 0. The molecule has 0 unspecified atom stereocenters. The van der Waals surface area contributed by atoms with Crippen molar-refractivity contribution in [2.45, 2.75) is 44.0 Å². The molecule has 0 bridgehead atoms. The summed E-state index contributed by atoms with van der Waals surface area (Å²) in [5.41, 5.74) is -0.761. The highest BCUT2D eigenvalue weighted by Crippen LogP contribution is 2.45. The van der Waals surface area contributed by atoms with Gasteiger partial charge in [0.1, 0.15) is 10.3 Å². The Balaban J connectivity index is 2.52. The van der Waals surface area contributed by atoms with Gasteiger partial charge in [0.2, 0.25) is 0 Å². The lowest BCUT2D eigenvalue weighted by Crippen LogP contribution is -2.41. The van der Waals surface area contributed by atoms with E-state index in [0.717, 1.165) is 12.4 Å². The van der Waals surface area contributed by atoms with E-state index in [2.05, 4.69) is 15.9 Å². The van der Waals surface area contributed by atoms with E-state index in [9.17, 15) is 21.6 Å². The van der Waals surface area contributed by atoms with Crippen molar-refractivity contribution in [3.8, 4) is 0 Å². The molecule has 1 aliphatic rings. The van der Waals surface area contributed by atoms with Crippen LogP contribution in [0.2, 0.25) is 0 Å². The van der Waals surface area contributed by atoms with Gasteiger partial charge in [-0.2, -0.15) is 17.0 Å². The number of hydrogen-bond acceptors (Lipinski definition) is 7. The van der Waals surface area contributed by atoms with Crippen LogP contribution < -0.4 is 0 Å². The van der Waals surface area contributed by atoms with Crippen LogP contribution in [0.3, 0.4) is 0 Å². The summed E-state index contributed by atoms with van der Waals surface area (Å²) in [4.78, 5) is 13.2. The largest absolute Gasteiger partial charge is 0.460 e. The van der Waals surface area contributed by atoms with Gasteiger partial charge in [-0.25, -0.2) is 8.42 Å². The zero-order valence-corrected chi connectivity index (χ0v) is 21.2. The average molecular weight is 532 g/mol. The number of carbonyl (C=O) groups excluding carboxylic acids is 1. The first kappa shape index (κ1) is 24.7. The van der Waals surface area contributed by atoms with Crippen LogP contribution in [-0.2, 0) is 34.3 Å². The number of ether oxygens (including phenoxy) is 1. The fourth-order valence-corrected chi connectivity index (χ4v) is 8.37. The van der Waals surface area contributed by atoms with Crippen LogP contribution in [0.25, 0.3) is 0 Å². The van der Waals surface area contributed by atoms with E-state index < -0.39 is 36.4 Å². The molecular weight excluding hydrogens is 504 g/mol. The molecule has 0 aromatic carbocycles. The molecule has 0 radical (unpaired) electrons. The molecule has 1 atom stereocenters. The maximum atomic E-state index is 13.4. The second kappa shape index (κ2) is 8.54. The summed E-state index contributed by atoms with van der Waals surface area (Å²) in [5, 5.41) is 0. The number of carbonyl (C=O) groups is 1. The number of esters is 1. The van der Waals surface area contributed by atoms with E-state index in [1.165, 1.54) is 25.4 Å². The van der Waals surface area contributed by atoms with Crippen molar-refractivity contribution in [3.63, 3.8) is 0 Å². The van der Waals surface area contributed by atoms with Crippen LogP contribution in [0, 0.1) is 0 Å². The number of nitrogens with zero attached hydrogens (tertiary/aromatic N) is 2. The molecule has 166 valence electrons. The van der Waals surface area contributed by atoms with Crippen molar-refractivity contribution in [1.82, 2.24) is 8.61 Å². The molecule has 0 amide bonds. The van der Waals surface area contributed by atoms with Gasteiger partial charge in [-0.15, -0.1) is 11.3 Å². The number of halogens is 1. The van der Waals surface area contributed by atoms with Crippen molar-refractivity contribution in [2.24, 2.45) is 0 Å². The first-order chi connectivity index (χ1) is 13.1. The SMILES string of the molecule is CN(C)S(=O)(=O)N1CC[C@](CC(=O)OC(C)(C)C)(c2ccc(Br)s2)S(=O)(=O)CC1. The van der Waals surface area contributed by atoms with Crippen LogP contribution in [0.5, 0.6) is 0 Å². The van der Waals surface area contributed by atoms with Crippen molar-refractivity contribution < 1.29 is 26.4 Å². The number of thiophene rings is 1. The Morgan fingerprint density at radius 1 is 1.31 bits per heavy atom. The topological polar surface area (TPSA) is 101 Å². The molecule has 1 fully saturated rings. The Morgan fingerprint density at radius 3 is 2.41 bits per heavy atom. The molecule has 12 heteroatoms. The molecule has 1 aromatic rings. The summed E-state index contributed by atoms with van der Waals surface area (Å²) >= 11 is 4.58. The summed E-state index contributed by atoms with van der Waals surface area (Å²) in [6, 6.07) is 3.40. The minimum Gasteiger partial charge on any atom is -0.460 e. The summed E-state index contributed by atoms with van der Waals surface area (Å²) < 4.78 is 58.8. The van der Waals surface area contributed by atoms with E-state index in [4.69, 9.17) is 4.74 Å². The van der Waals surface area contributed by atoms with Crippen molar-refractivity contribution in [2.75, 3.05) is 32.9 Å². The lowest BCUT2D eigenvalue weighted by Gasteiger charge is -2.32. The zero-order chi connectivity index (χ0) is 22.3. The Morgan fingerprint density at radius 2 is 1.93 bits per heavy atom. The number of rotatable bonds is 5. The lowest BCUT2D eigenvalue weighted by atomic mass is 9.98. The first-order valence-electron chi connectivity index (χ1n) is 8.98. The maximum Gasteiger partial charge on any atom is 0.308 e. The third-order valence-electron chi connectivity index (χ3n) is 4.63. The molecule has 8 nitrogen and oxygen atoms in total. The lowest BCUT2D eigenvalue weighted by molar-refractivity contribution is -0.155. The van der Waals surface area contributed by atoms with Crippen LogP contribution in [0.4, 0.5) is 0 Å². The van der Waals surface area contributed by atoms with E-state index in [-0.39, 0.29) is 31.7 Å². The van der Waals surface area contributed by atoms with Crippen molar-refractivity contribution in [1.29, 1.82) is 0 Å². The Labute approximate surface area is 185 Å². The smallest absolute Gasteiger partial charge is 0.308 e. The first-order valence-corrected chi connectivity index (χ1v) is 13.6. The standard InChI is InChI=1S/C17H27BrN2O6S3/c1-16(2,3)26-15(21)12-17(13-6-7-14(18)27-13)8-9-20(10-11-28(17,22)23)29(24,25)19(4)5/h6-7H,8-12H2,1-5H3/t17-/m0/s1. The van der Waals surface area contributed by atoms with Gasteiger partial charge in [0.15, 0.2) is 9.84 Å². The van der Waals surface area contributed by atoms with Gasteiger partial charge < -0.3 is 4.74 Å². The van der Waals surface area contributed by atoms with Crippen molar-refractivity contribution in [3.05, 3.63) is 20.8 Å². The molecule has 0 saturated carbocycles. The summed E-state index contributed by atoms with van der Waals surface area (Å²) in [6.45, 7) is 4.97. The highest BCUT2D eigenvalue weighted by Gasteiger charge is 2.51. The van der Waals surface area contributed by atoms with Crippen molar-refractivity contribution >= 4 is 53.3 Å². The molecule has 0 aliphatic carbocycles. The quantitative estimate of drug-likeness (QED) is 0.541. The third-order valence-corrected chi connectivity index (χ3v) is 11.0. The second-order valence-electron chi connectivity index (χ2n) is 8.12. The predicted molar refractivity (Wildman–Crippen MR) is 117 cm³/mol.